The SMILES string of the molecule is CC(OCCC1CC1)C(=O)Nc1ccc(N)cc1. The molecule has 0 radical (unpaired) electrons. The van der Waals surface area contributed by atoms with E-state index in [4.69, 9.17) is 10.5 Å². The molecular formula is C14H20N2O2. The third-order valence-electron chi connectivity index (χ3n) is 3.14. The Hall–Kier alpha value is -1.55. The molecule has 4 heteroatoms. The fourth-order valence-electron chi connectivity index (χ4n) is 1.70. The van der Waals surface area contributed by atoms with Gasteiger partial charge in [-0.1, -0.05) is 12.8 Å². The third-order valence-corrected chi connectivity index (χ3v) is 3.14. The molecule has 2 rings (SSSR count). The van der Waals surface area contributed by atoms with Crippen LogP contribution in [0, 0.1) is 5.92 Å². The molecule has 3 N–H and O–H groups in total. The molecule has 18 heavy (non-hydrogen) atoms. The molecule has 1 fully saturated rings. The second-order valence-electron chi connectivity index (χ2n) is 4.86. The van der Waals surface area contributed by atoms with Crippen LogP contribution in [0.15, 0.2) is 24.3 Å². The van der Waals surface area contributed by atoms with Crippen molar-refractivity contribution in [2.45, 2.75) is 32.3 Å². The molecule has 1 aromatic rings. The van der Waals surface area contributed by atoms with E-state index in [1.54, 1.807) is 31.2 Å². The Labute approximate surface area is 108 Å². The van der Waals surface area contributed by atoms with E-state index in [2.05, 4.69) is 5.32 Å². The van der Waals surface area contributed by atoms with E-state index >= 15 is 0 Å². The first-order chi connectivity index (χ1) is 8.65. The van der Waals surface area contributed by atoms with Gasteiger partial charge in [0.25, 0.3) is 5.91 Å². The average molecular weight is 248 g/mol. The van der Waals surface area contributed by atoms with Crippen LogP contribution in [0.3, 0.4) is 0 Å². The Kier molecular flexibility index (Phi) is 4.20. The van der Waals surface area contributed by atoms with E-state index < -0.39 is 6.10 Å². The lowest BCUT2D eigenvalue weighted by Crippen LogP contribution is -2.28. The topological polar surface area (TPSA) is 64.3 Å². The number of rotatable bonds is 6. The summed E-state index contributed by atoms with van der Waals surface area (Å²) in [5.41, 5.74) is 7.00. The molecule has 0 saturated heterocycles. The predicted octanol–water partition coefficient (Wildman–Crippen LogP) is 2.41. The highest BCUT2D eigenvalue weighted by molar-refractivity contribution is 5.94. The minimum atomic E-state index is -0.415. The van der Waals surface area contributed by atoms with Gasteiger partial charge >= 0.3 is 0 Å². The Morgan fingerprint density at radius 1 is 1.44 bits per heavy atom. The van der Waals surface area contributed by atoms with E-state index in [-0.39, 0.29) is 5.91 Å². The molecule has 0 spiro atoms. The number of nitrogens with one attached hydrogen (secondary N) is 1. The largest absolute Gasteiger partial charge is 0.399 e. The summed E-state index contributed by atoms with van der Waals surface area (Å²) in [5, 5.41) is 2.80. The zero-order chi connectivity index (χ0) is 13.0. The van der Waals surface area contributed by atoms with Crippen LogP contribution >= 0.6 is 0 Å². The predicted molar refractivity (Wildman–Crippen MR) is 72.2 cm³/mol. The summed E-state index contributed by atoms with van der Waals surface area (Å²) < 4.78 is 5.51. The molecule has 0 bridgehead atoms. The molecule has 1 aliphatic carbocycles. The second kappa shape index (κ2) is 5.87. The monoisotopic (exact) mass is 248 g/mol. The van der Waals surface area contributed by atoms with Crippen molar-refractivity contribution in [1.82, 2.24) is 0 Å². The molecule has 98 valence electrons. The van der Waals surface area contributed by atoms with Crippen molar-refractivity contribution < 1.29 is 9.53 Å². The molecule has 1 saturated carbocycles. The van der Waals surface area contributed by atoms with Gasteiger partial charge in [0.05, 0.1) is 0 Å². The van der Waals surface area contributed by atoms with Crippen LogP contribution in [0.2, 0.25) is 0 Å². The fourth-order valence-corrected chi connectivity index (χ4v) is 1.70. The van der Waals surface area contributed by atoms with Crippen LogP contribution in [-0.4, -0.2) is 18.6 Å². The first kappa shape index (κ1) is 12.9. The van der Waals surface area contributed by atoms with Crippen LogP contribution in [-0.2, 0) is 9.53 Å². The van der Waals surface area contributed by atoms with Crippen molar-refractivity contribution in [3.05, 3.63) is 24.3 Å². The van der Waals surface area contributed by atoms with Crippen LogP contribution in [0.25, 0.3) is 0 Å². The first-order valence-electron chi connectivity index (χ1n) is 6.43. The molecule has 1 amide bonds. The molecular weight excluding hydrogens is 228 g/mol. The van der Waals surface area contributed by atoms with E-state index in [1.165, 1.54) is 12.8 Å². The van der Waals surface area contributed by atoms with Crippen LogP contribution < -0.4 is 11.1 Å². The number of carbonyl (C=O) groups excluding carboxylic acids is 1. The van der Waals surface area contributed by atoms with Crippen LogP contribution in [0.5, 0.6) is 0 Å². The van der Waals surface area contributed by atoms with Gasteiger partial charge in [-0.25, -0.2) is 0 Å². The van der Waals surface area contributed by atoms with Gasteiger partial charge in [0, 0.05) is 18.0 Å². The Bertz CT molecular complexity index is 399. The summed E-state index contributed by atoms with van der Waals surface area (Å²) in [4.78, 5) is 11.8. The maximum absolute atomic E-state index is 11.8. The highest BCUT2D eigenvalue weighted by Crippen LogP contribution is 2.32. The van der Waals surface area contributed by atoms with Gasteiger partial charge in [0.2, 0.25) is 0 Å². The molecule has 1 unspecified atom stereocenters. The van der Waals surface area contributed by atoms with Gasteiger partial charge in [-0.05, 0) is 43.5 Å². The van der Waals surface area contributed by atoms with E-state index in [1.807, 2.05) is 0 Å². The number of benzene rings is 1. The minimum Gasteiger partial charge on any atom is -0.399 e. The van der Waals surface area contributed by atoms with Crippen molar-refractivity contribution in [2.24, 2.45) is 5.92 Å². The maximum atomic E-state index is 11.8. The Balaban J connectivity index is 1.73. The summed E-state index contributed by atoms with van der Waals surface area (Å²) in [6, 6.07) is 7.08. The molecule has 0 aliphatic heterocycles. The minimum absolute atomic E-state index is 0.115. The van der Waals surface area contributed by atoms with Crippen LogP contribution in [0.1, 0.15) is 26.2 Å². The highest BCUT2D eigenvalue weighted by Gasteiger charge is 2.21. The lowest BCUT2D eigenvalue weighted by atomic mass is 10.2. The normalized spacial score (nSPS) is 16.3. The number of nitrogens with two attached hydrogens (primary N) is 1. The number of ether oxygens (including phenoxy) is 1. The van der Waals surface area contributed by atoms with Crippen molar-refractivity contribution in [3.8, 4) is 0 Å². The fraction of sp³-hybridized carbons (Fsp3) is 0.500. The van der Waals surface area contributed by atoms with Gasteiger partial charge in [-0.2, -0.15) is 0 Å². The summed E-state index contributed by atoms with van der Waals surface area (Å²) >= 11 is 0. The summed E-state index contributed by atoms with van der Waals surface area (Å²) in [7, 11) is 0. The zero-order valence-electron chi connectivity index (χ0n) is 10.7. The molecule has 1 atom stereocenters. The molecule has 1 aliphatic rings. The van der Waals surface area contributed by atoms with E-state index in [0.717, 1.165) is 18.0 Å². The van der Waals surface area contributed by atoms with Crippen molar-refractivity contribution in [3.63, 3.8) is 0 Å². The number of hydrogen-bond acceptors (Lipinski definition) is 3. The molecule has 0 heterocycles. The smallest absolute Gasteiger partial charge is 0.253 e. The first-order valence-corrected chi connectivity index (χ1v) is 6.43. The Morgan fingerprint density at radius 3 is 2.72 bits per heavy atom. The van der Waals surface area contributed by atoms with Gasteiger partial charge in [0.15, 0.2) is 0 Å². The van der Waals surface area contributed by atoms with E-state index in [9.17, 15) is 4.79 Å². The highest BCUT2D eigenvalue weighted by atomic mass is 16.5. The second-order valence-corrected chi connectivity index (χ2v) is 4.86. The molecule has 1 aromatic carbocycles. The van der Waals surface area contributed by atoms with Crippen molar-refractivity contribution >= 4 is 17.3 Å². The number of carbonyl (C=O) groups is 1. The number of nitrogen functional groups attached to an aromatic ring is 1. The van der Waals surface area contributed by atoms with Crippen LogP contribution in [0.4, 0.5) is 11.4 Å². The zero-order valence-corrected chi connectivity index (χ0v) is 10.7. The van der Waals surface area contributed by atoms with Gasteiger partial charge in [0.1, 0.15) is 6.10 Å². The lowest BCUT2D eigenvalue weighted by molar-refractivity contribution is -0.126. The molecule has 0 aromatic heterocycles. The van der Waals surface area contributed by atoms with Gasteiger partial charge in [-0.3, -0.25) is 4.79 Å². The Morgan fingerprint density at radius 2 is 2.11 bits per heavy atom. The number of anilines is 2. The summed E-state index contributed by atoms with van der Waals surface area (Å²) in [5.74, 6) is 0.716. The lowest BCUT2D eigenvalue weighted by Gasteiger charge is -2.13. The third kappa shape index (κ3) is 4.04. The van der Waals surface area contributed by atoms with Crippen molar-refractivity contribution in [2.75, 3.05) is 17.7 Å². The maximum Gasteiger partial charge on any atom is 0.253 e. The van der Waals surface area contributed by atoms with E-state index in [0.29, 0.717) is 12.3 Å². The van der Waals surface area contributed by atoms with Gasteiger partial charge < -0.3 is 15.8 Å². The number of hydrogen-bond donors (Lipinski definition) is 2. The summed E-state index contributed by atoms with van der Waals surface area (Å²) in [6.07, 6.45) is 3.28. The summed E-state index contributed by atoms with van der Waals surface area (Å²) in [6.45, 7) is 2.44. The average Bonchev–Trinajstić information content (AvgIpc) is 3.16. The quantitative estimate of drug-likeness (QED) is 0.760. The standard InChI is InChI=1S/C14H20N2O2/c1-10(18-9-8-11-2-3-11)14(17)16-13-6-4-12(15)5-7-13/h4-7,10-11H,2-3,8-9,15H2,1H3,(H,16,17). The number of amides is 1. The van der Waals surface area contributed by atoms with Gasteiger partial charge in [-0.15, -0.1) is 0 Å². The molecule has 4 nitrogen and oxygen atoms in total. The van der Waals surface area contributed by atoms with Crippen molar-refractivity contribution in [1.29, 1.82) is 0 Å².